The lowest BCUT2D eigenvalue weighted by Gasteiger charge is -2.35. The Hall–Kier alpha value is -0.700. The fourth-order valence-electron chi connectivity index (χ4n) is 2.90. The van der Waals surface area contributed by atoms with Gasteiger partial charge in [-0.05, 0) is 37.0 Å². The van der Waals surface area contributed by atoms with Crippen LogP contribution in [0.15, 0.2) is 18.2 Å². The maximum Gasteiger partial charge on any atom is 0.161 e. The highest BCUT2D eigenvalue weighted by Crippen LogP contribution is 2.39. The first-order valence-electron chi connectivity index (χ1n) is 7.59. The normalized spacial score (nSPS) is 17.8. The van der Waals surface area contributed by atoms with E-state index in [-0.39, 0.29) is 0 Å². The Bertz CT molecular complexity index is 425. The Morgan fingerprint density at radius 3 is 2.50 bits per heavy atom. The molecule has 1 aliphatic rings. The molecule has 2 nitrogen and oxygen atoms in total. The Morgan fingerprint density at radius 1 is 1.15 bits per heavy atom. The van der Waals surface area contributed by atoms with Crippen LogP contribution in [0.2, 0.25) is 0 Å². The average Bonchev–Trinajstić information content (AvgIpc) is 2.53. The lowest BCUT2D eigenvalue weighted by molar-refractivity contribution is 0.119. The molecule has 0 spiro atoms. The van der Waals surface area contributed by atoms with E-state index in [1.54, 1.807) is 7.11 Å². The summed E-state index contributed by atoms with van der Waals surface area (Å²) in [7, 11) is 1.71. The molecule has 0 radical (unpaired) electrons. The third-order valence-electron chi connectivity index (χ3n) is 4.37. The zero-order valence-electron chi connectivity index (χ0n) is 12.6. The van der Waals surface area contributed by atoms with Gasteiger partial charge in [0, 0.05) is 10.7 Å². The quantitative estimate of drug-likeness (QED) is 0.679. The van der Waals surface area contributed by atoms with Crippen molar-refractivity contribution in [2.45, 2.75) is 45.4 Å². The summed E-state index contributed by atoms with van der Waals surface area (Å²) < 4.78 is 11.6. The number of methoxy groups -OCH3 is 1. The molecule has 1 saturated carbocycles. The molecule has 2 rings (SSSR count). The van der Waals surface area contributed by atoms with E-state index < -0.39 is 0 Å². The van der Waals surface area contributed by atoms with Crippen molar-refractivity contribution >= 4 is 15.9 Å². The van der Waals surface area contributed by atoms with Crippen molar-refractivity contribution in [1.29, 1.82) is 0 Å². The van der Waals surface area contributed by atoms with Crippen LogP contribution in [0.25, 0.3) is 0 Å². The van der Waals surface area contributed by atoms with E-state index in [0.29, 0.717) is 5.41 Å². The maximum absolute atomic E-state index is 6.11. The summed E-state index contributed by atoms with van der Waals surface area (Å²) in [6, 6.07) is 6.25. The summed E-state index contributed by atoms with van der Waals surface area (Å²) in [4.78, 5) is 0. The van der Waals surface area contributed by atoms with Gasteiger partial charge in [-0.25, -0.2) is 0 Å². The molecule has 20 heavy (non-hydrogen) atoms. The van der Waals surface area contributed by atoms with Crippen LogP contribution in [-0.4, -0.2) is 19.0 Å². The molecule has 1 fully saturated rings. The molecule has 0 bridgehead atoms. The smallest absolute Gasteiger partial charge is 0.161 e. The molecule has 0 atom stereocenters. The number of benzene rings is 1. The molecule has 0 aliphatic heterocycles. The monoisotopic (exact) mass is 340 g/mol. The number of hydrogen-bond donors (Lipinski definition) is 0. The van der Waals surface area contributed by atoms with Crippen molar-refractivity contribution in [2.24, 2.45) is 5.41 Å². The third kappa shape index (κ3) is 3.69. The minimum absolute atomic E-state index is 0.298. The largest absolute Gasteiger partial charge is 0.493 e. The summed E-state index contributed by atoms with van der Waals surface area (Å²) in [5.41, 5.74) is 1.58. The van der Waals surface area contributed by atoms with Gasteiger partial charge in [-0.15, -0.1) is 0 Å². The van der Waals surface area contributed by atoms with Gasteiger partial charge in [0.25, 0.3) is 0 Å². The van der Waals surface area contributed by atoms with Crippen molar-refractivity contribution in [3.05, 3.63) is 23.8 Å². The van der Waals surface area contributed by atoms with E-state index in [1.807, 2.05) is 6.07 Å². The first-order valence-corrected chi connectivity index (χ1v) is 8.71. The lowest BCUT2D eigenvalue weighted by atomic mass is 9.76. The molecular formula is C17H25BrO2. The number of rotatable bonds is 6. The highest BCUT2D eigenvalue weighted by Gasteiger charge is 2.32. The highest BCUT2D eigenvalue weighted by molar-refractivity contribution is 9.09. The Kier molecular flexibility index (Phi) is 5.76. The molecule has 0 heterocycles. The number of hydrogen-bond acceptors (Lipinski definition) is 2. The van der Waals surface area contributed by atoms with E-state index in [9.17, 15) is 0 Å². The zero-order valence-corrected chi connectivity index (χ0v) is 14.2. The molecule has 1 aromatic rings. The fourth-order valence-corrected chi connectivity index (χ4v) is 3.62. The fraction of sp³-hybridized carbons (Fsp3) is 0.647. The molecule has 1 aromatic carbocycles. The second-order valence-electron chi connectivity index (χ2n) is 5.82. The molecule has 112 valence electrons. The van der Waals surface area contributed by atoms with Crippen LogP contribution in [0.5, 0.6) is 11.5 Å². The summed E-state index contributed by atoms with van der Waals surface area (Å²) in [5.74, 6) is 1.72. The molecule has 0 N–H and O–H groups in total. The van der Waals surface area contributed by atoms with Crippen molar-refractivity contribution in [3.63, 3.8) is 0 Å². The number of halogens is 1. The molecule has 0 amide bonds. The average molecular weight is 341 g/mol. The molecule has 0 saturated heterocycles. The van der Waals surface area contributed by atoms with Crippen molar-refractivity contribution in [1.82, 2.24) is 0 Å². The van der Waals surface area contributed by atoms with Gasteiger partial charge in [0.1, 0.15) is 0 Å². The van der Waals surface area contributed by atoms with E-state index in [2.05, 4.69) is 35.0 Å². The van der Waals surface area contributed by atoms with Crippen LogP contribution in [0, 0.1) is 5.41 Å². The van der Waals surface area contributed by atoms with Crippen molar-refractivity contribution < 1.29 is 9.47 Å². The minimum Gasteiger partial charge on any atom is -0.493 e. The van der Waals surface area contributed by atoms with E-state index >= 15 is 0 Å². The van der Waals surface area contributed by atoms with Crippen molar-refractivity contribution in [2.75, 3.05) is 19.0 Å². The minimum atomic E-state index is 0.298. The van der Waals surface area contributed by atoms with Gasteiger partial charge in [0.05, 0.1) is 13.7 Å². The first kappa shape index (κ1) is 15.7. The standard InChI is InChI=1S/C17H25BrO2/c1-3-14-7-8-15(16(11-14)19-2)20-13-17(12-18)9-5-4-6-10-17/h7-8,11H,3-6,9-10,12-13H2,1-2H3. The van der Waals surface area contributed by atoms with Gasteiger partial charge < -0.3 is 9.47 Å². The van der Waals surface area contributed by atoms with Gasteiger partial charge in [-0.2, -0.15) is 0 Å². The second kappa shape index (κ2) is 7.35. The molecular weight excluding hydrogens is 316 g/mol. The SMILES string of the molecule is CCc1ccc(OCC2(CBr)CCCCC2)c(OC)c1. The molecule has 0 aromatic heterocycles. The Labute approximate surface area is 131 Å². The lowest BCUT2D eigenvalue weighted by Crippen LogP contribution is -2.32. The van der Waals surface area contributed by atoms with Gasteiger partial charge in [-0.1, -0.05) is 48.2 Å². The topological polar surface area (TPSA) is 18.5 Å². The number of aryl methyl sites for hydroxylation is 1. The Balaban J connectivity index is 2.05. The zero-order chi connectivity index (χ0) is 14.4. The van der Waals surface area contributed by atoms with E-state index in [0.717, 1.165) is 29.9 Å². The van der Waals surface area contributed by atoms with Crippen LogP contribution in [-0.2, 0) is 6.42 Å². The van der Waals surface area contributed by atoms with E-state index in [1.165, 1.54) is 37.7 Å². The number of alkyl halides is 1. The van der Waals surface area contributed by atoms with Gasteiger partial charge >= 0.3 is 0 Å². The van der Waals surface area contributed by atoms with Gasteiger partial charge in [-0.3, -0.25) is 0 Å². The van der Waals surface area contributed by atoms with Gasteiger partial charge in [0.15, 0.2) is 11.5 Å². The van der Waals surface area contributed by atoms with Crippen molar-refractivity contribution in [3.8, 4) is 11.5 Å². The van der Waals surface area contributed by atoms with Crippen LogP contribution in [0.4, 0.5) is 0 Å². The summed E-state index contributed by atoms with van der Waals surface area (Å²) in [6.45, 7) is 2.93. The summed E-state index contributed by atoms with van der Waals surface area (Å²) >= 11 is 3.69. The third-order valence-corrected chi connectivity index (χ3v) is 5.56. The molecule has 0 unspecified atom stereocenters. The Morgan fingerprint density at radius 2 is 1.90 bits per heavy atom. The first-order chi connectivity index (χ1) is 9.73. The summed E-state index contributed by atoms with van der Waals surface area (Å²) in [6.07, 6.45) is 7.54. The molecule has 3 heteroatoms. The van der Waals surface area contributed by atoms with Gasteiger partial charge in [0.2, 0.25) is 0 Å². The van der Waals surface area contributed by atoms with E-state index in [4.69, 9.17) is 9.47 Å². The maximum atomic E-state index is 6.11. The summed E-state index contributed by atoms with van der Waals surface area (Å²) in [5, 5.41) is 1.02. The van der Waals surface area contributed by atoms with Crippen LogP contribution in [0.3, 0.4) is 0 Å². The number of ether oxygens (including phenoxy) is 2. The predicted molar refractivity (Wildman–Crippen MR) is 87.2 cm³/mol. The second-order valence-corrected chi connectivity index (χ2v) is 6.38. The highest BCUT2D eigenvalue weighted by atomic mass is 79.9. The van der Waals surface area contributed by atoms with Crippen LogP contribution < -0.4 is 9.47 Å². The van der Waals surface area contributed by atoms with Crippen LogP contribution in [0.1, 0.15) is 44.6 Å². The molecule has 1 aliphatic carbocycles. The van der Waals surface area contributed by atoms with Crippen LogP contribution >= 0.6 is 15.9 Å². The predicted octanol–water partition coefficient (Wildman–Crippen LogP) is 4.98.